The van der Waals surface area contributed by atoms with Crippen LogP contribution in [0.5, 0.6) is 11.6 Å². The first-order valence-electron chi connectivity index (χ1n) is 8.84. The number of nitrogens with zero attached hydrogens (tertiary/aromatic N) is 1. The van der Waals surface area contributed by atoms with Gasteiger partial charge in [0.05, 0.1) is 5.02 Å². The first kappa shape index (κ1) is 20.1. The summed E-state index contributed by atoms with van der Waals surface area (Å²) < 4.78 is 10.8. The van der Waals surface area contributed by atoms with E-state index in [0.717, 1.165) is 5.56 Å². The summed E-state index contributed by atoms with van der Waals surface area (Å²) >= 11 is 5.82. The van der Waals surface area contributed by atoms with Gasteiger partial charge in [-0.05, 0) is 55.5 Å². The maximum atomic E-state index is 12.7. The van der Waals surface area contributed by atoms with Crippen LogP contribution in [0.2, 0.25) is 5.02 Å². The van der Waals surface area contributed by atoms with E-state index in [2.05, 4.69) is 10.3 Å². The lowest BCUT2D eigenvalue weighted by molar-refractivity contribution is -0.149. The molecule has 8 heteroatoms. The van der Waals surface area contributed by atoms with Crippen LogP contribution < -0.4 is 15.8 Å². The Kier molecular flexibility index (Phi) is 5.86. The number of nitrogens with two attached hydrogens (primary N) is 1. The summed E-state index contributed by atoms with van der Waals surface area (Å²) in [5.41, 5.74) is 5.70. The zero-order valence-corrected chi connectivity index (χ0v) is 16.5. The number of primary amides is 1. The molecule has 0 atom stereocenters. The highest BCUT2D eigenvalue weighted by Crippen LogP contribution is 2.46. The molecule has 0 radical (unpaired) electrons. The molecule has 0 unspecified atom stereocenters. The van der Waals surface area contributed by atoms with Gasteiger partial charge in [0.1, 0.15) is 11.2 Å². The maximum Gasteiger partial charge on any atom is 0.240 e. The molecule has 0 spiro atoms. The number of ether oxygens (including phenoxy) is 2. The van der Waals surface area contributed by atoms with Crippen molar-refractivity contribution >= 4 is 29.1 Å². The van der Waals surface area contributed by atoms with Crippen LogP contribution in [0, 0.1) is 18.3 Å². The fourth-order valence-corrected chi connectivity index (χ4v) is 3.52. The highest BCUT2D eigenvalue weighted by Gasteiger charge is 2.54. The van der Waals surface area contributed by atoms with Gasteiger partial charge in [-0.15, -0.1) is 0 Å². The van der Waals surface area contributed by atoms with Crippen molar-refractivity contribution in [2.45, 2.75) is 19.8 Å². The van der Waals surface area contributed by atoms with Crippen LogP contribution in [0.3, 0.4) is 0 Å². The summed E-state index contributed by atoms with van der Waals surface area (Å²) in [6.07, 6.45) is 2.29. The lowest BCUT2D eigenvalue weighted by atomic mass is 9.61. The number of benzene rings is 1. The largest absolute Gasteiger partial charge is 0.439 e. The topological polar surface area (TPSA) is 104 Å². The number of rotatable bonds is 7. The number of hydrogen-bond acceptors (Lipinski definition) is 5. The fraction of sp³-hybridized carbons (Fsp3) is 0.350. The van der Waals surface area contributed by atoms with Gasteiger partial charge in [0, 0.05) is 31.7 Å². The lowest BCUT2D eigenvalue weighted by Crippen LogP contribution is -2.56. The van der Waals surface area contributed by atoms with Gasteiger partial charge in [0.25, 0.3) is 0 Å². The van der Waals surface area contributed by atoms with E-state index in [4.69, 9.17) is 26.8 Å². The number of aromatic nitrogens is 1. The van der Waals surface area contributed by atoms with E-state index in [1.165, 1.54) is 6.20 Å². The van der Waals surface area contributed by atoms with Crippen LogP contribution in [0.15, 0.2) is 36.5 Å². The summed E-state index contributed by atoms with van der Waals surface area (Å²) in [4.78, 5) is 28.7. The number of methoxy groups -OCH3 is 1. The van der Waals surface area contributed by atoms with Gasteiger partial charge >= 0.3 is 0 Å². The Morgan fingerprint density at radius 3 is 2.64 bits per heavy atom. The number of hydrogen-bond donors (Lipinski definition) is 2. The minimum atomic E-state index is -1.18. The maximum absolute atomic E-state index is 12.7. The Labute approximate surface area is 168 Å². The lowest BCUT2D eigenvalue weighted by Gasteiger charge is -2.43. The van der Waals surface area contributed by atoms with Gasteiger partial charge < -0.3 is 20.5 Å². The van der Waals surface area contributed by atoms with E-state index in [0.29, 0.717) is 41.8 Å². The van der Waals surface area contributed by atoms with E-state index in [1.54, 1.807) is 37.4 Å². The molecule has 1 heterocycles. The standard InChI is InChI=1S/C20H22ClN3O4/c1-12-7-15(4-5-16(12)28-17-6-3-14(21)10-23-17)24-19(26)20(18(22)25)8-13(9-20)11-27-2/h3-7,10,13H,8-9,11H2,1-2H3,(H2,22,25)(H,24,26). The SMILES string of the molecule is COCC1CC(C(N)=O)(C(=O)Nc2ccc(Oc3ccc(Cl)cn3)c(C)c2)C1. The molecule has 1 fully saturated rings. The van der Waals surface area contributed by atoms with Gasteiger partial charge in [0.15, 0.2) is 0 Å². The molecule has 3 N–H and O–H groups in total. The average molecular weight is 404 g/mol. The van der Waals surface area contributed by atoms with Crippen molar-refractivity contribution in [1.82, 2.24) is 4.98 Å². The molecular weight excluding hydrogens is 382 g/mol. The summed E-state index contributed by atoms with van der Waals surface area (Å²) in [6.45, 7) is 2.36. The molecule has 1 aliphatic carbocycles. The van der Waals surface area contributed by atoms with Crippen LogP contribution in [0.1, 0.15) is 18.4 Å². The summed E-state index contributed by atoms with van der Waals surface area (Å²) in [6, 6.07) is 8.56. The van der Waals surface area contributed by atoms with Gasteiger partial charge in [-0.2, -0.15) is 0 Å². The van der Waals surface area contributed by atoms with E-state index in [-0.39, 0.29) is 11.8 Å². The molecule has 0 saturated heterocycles. The molecule has 1 aromatic heterocycles. The second-order valence-electron chi connectivity index (χ2n) is 7.03. The zero-order valence-electron chi connectivity index (χ0n) is 15.7. The quantitative estimate of drug-likeness (QED) is 0.690. The highest BCUT2D eigenvalue weighted by molar-refractivity contribution is 6.30. The first-order valence-corrected chi connectivity index (χ1v) is 9.22. The van der Waals surface area contributed by atoms with E-state index >= 15 is 0 Å². The third kappa shape index (κ3) is 4.10. The Morgan fingerprint density at radius 1 is 1.32 bits per heavy atom. The summed E-state index contributed by atoms with van der Waals surface area (Å²) in [5, 5.41) is 3.32. The predicted octanol–water partition coefficient (Wildman–Crippen LogP) is 3.30. The van der Waals surface area contributed by atoms with Crippen molar-refractivity contribution in [2.24, 2.45) is 17.1 Å². The minimum absolute atomic E-state index is 0.160. The molecule has 2 amide bonds. The van der Waals surface area contributed by atoms with Crippen molar-refractivity contribution in [2.75, 3.05) is 19.0 Å². The van der Waals surface area contributed by atoms with Crippen molar-refractivity contribution in [1.29, 1.82) is 0 Å². The molecular formula is C20H22ClN3O4. The monoisotopic (exact) mass is 403 g/mol. The molecule has 1 aromatic carbocycles. The molecule has 1 aliphatic rings. The van der Waals surface area contributed by atoms with Gasteiger partial charge in [-0.3, -0.25) is 9.59 Å². The molecule has 1 saturated carbocycles. The Balaban J connectivity index is 1.69. The first-order chi connectivity index (χ1) is 13.3. The van der Waals surface area contributed by atoms with Crippen molar-refractivity contribution in [3.8, 4) is 11.6 Å². The van der Waals surface area contributed by atoms with Gasteiger partial charge in [-0.1, -0.05) is 11.6 Å². The number of carbonyl (C=O) groups excluding carboxylic acids is 2. The summed E-state index contributed by atoms with van der Waals surface area (Å²) in [5.74, 6) is 0.173. The van der Waals surface area contributed by atoms with Crippen LogP contribution in [-0.2, 0) is 14.3 Å². The van der Waals surface area contributed by atoms with Gasteiger partial charge in [-0.25, -0.2) is 4.98 Å². The van der Waals surface area contributed by atoms with E-state index in [9.17, 15) is 9.59 Å². The Bertz CT molecular complexity index is 880. The molecule has 0 aliphatic heterocycles. The number of amides is 2. The normalized spacial score (nSPS) is 20.9. The van der Waals surface area contributed by atoms with Crippen molar-refractivity contribution in [3.63, 3.8) is 0 Å². The molecule has 2 aromatic rings. The van der Waals surface area contributed by atoms with E-state index < -0.39 is 11.3 Å². The Morgan fingerprint density at radius 2 is 2.07 bits per heavy atom. The third-order valence-electron chi connectivity index (χ3n) is 4.93. The van der Waals surface area contributed by atoms with Crippen LogP contribution >= 0.6 is 11.6 Å². The number of anilines is 1. The minimum Gasteiger partial charge on any atom is -0.439 e. The predicted molar refractivity (Wildman–Crippen MR) is 105 cm³/mol. The molecule has 3 rings (SSSR count). The number of carbonyl (C=O) groups is 2. The van der Waals surface area contributed by atoms with Crippen LogP contribution in [-0.4, -0.2) is 30.5 Å². The number of halogens is 1. The molecule has 7 nitrogen and oxygen atoms in total. The van der Waals surface area contributed by atoms with Crippen LogP contribution in [0.4, 0.5) is 5.69 Å². The highest BCUT2D eigenvalue weighted by atomic mass is 35.5. The average Bonchev–Trinajstić information content (AvgIpc) is 2.61. The van der Waals surface area contributed by atoms with Crippen molar-refractivity contribution in [3.05, 3.63) is 47.1 Å². The number of nitrogens with one attached hydrogen (secondary N) is 1. The zero-order chi connectivity index (χ0) is 20.3. The smallest absolute Gasteiger partial charge is 0.240 e. The van der Waals surface area contributed by atoms with Crippen LogP contribution in [0.25, 0.3) is 0 Å². The van der Waals surface area contributed by atoms with E-state index in [1.807, 2.05) is 6.92 Å². The second kappa shape index (κ2) is 8.16. The molecule has 148 valence electrons. The second-order valence-corrected chi connectivity index (χ2v) is 7.46. The van der Waals surface area contributed by atoms with Crippen molar-refractivity contribution < 1.29 is 19.1 Å². The fourth-order valence-electron chi connectivity index (χ4n) is 3.41. The third-order valence-corrected chi connectivity index (χ3v) is 5.15. The Hall–Kier alpha value is -2.64. The molecule has 28 heavy (non-hydrogen) atoms. The molecule has 0 bridgehead atoms. The van der Waals surface area contributed by atoms with Gasteiger partial charge in [0.2, 0.25) is 17.7 Å². The number of pyridine rings is 1. The summed E-state index contributed by atoms with van der Waals surface area (Å²) in [7, 11) is 1.59. The number of aryl methyl sites for hydroxylation is 1.